The predicted octanol–water partition coefficient (Wildman–Crippen LogP) is 13.1. The van der Waals surface area contributed by atoms with Crippen LogP contribution in [0.15, 0.2) is 145 Å². The maximum absolute atomic E-state index is 10.8. The Morgan fingerprint density at radius 2 is 0.986 bits per heavy atom. The summed E-state index contributed by atoms with van der Waals surface area (Å²) < 4.78 is 14.5. The Morgan fingerprint density at radius 3 is 1.36 bits per heavy atom. The van der Waals surface area contributed by atoms with Crippen molar-refractivity contribution in [3.63, 3.8) is 0 Å². The summed E-state index contributed by atoms with van der Waals surface area (Å²) >= 11 is 3.70. The van der Waals surface area contributed by atoms with E-state index < -0.39 is 5.41 Å². The molecule has 7 aromatic rings. The van der Waals surface area contributed by atoms with Crippen LogP contribution in [-0.4, -0.2) is 56.2 Å². The van der Waals surface area contributed by atoms with Gasteiger partial charge in [0.05, 0.1) is 28.5 Å². The maximum Gasteiger partial charge on any atom is 2.00 e. The second-order valence-corrected chi connectivity index (χ2v) is 19.2. The van der Waals surface area contributed by atoms with Crippen molar-refractivity contribution in [3.8, 4) is 51.2 Å². The van der Waals surface area contributed by atoms with Crippen molar-refractivity contribution in [3.05, 3.63) is 168 Å². The van der Waals surface area contributed by atoms with E-state index in [9.17, 15) is 14.4 Å². The number of amidine groups is 2. The Kier molecular flexibility index (Phi) is 20.5. The minimum atomic E-state index is -0.412. The van der Waals surface area contributed by atoms with E-state index in [2.05, 4.69) is 156 Å². The van der Waals surface area contributed by atoms with E-state index in [1.165, 1.54) is 65.1 Å². The van der Waals surface area contributed by atoms with E-state index in [4.69, 9.17) is 30.8 Å². The van der Waals surface area contributed by atoms with Gasteiger partial charge in [0.25, 0.3) is 19.4 Å². The van der Waals surface area contributed by atoms with Crippen molar-refractivity contribution in [2.24, 2.45) is 10.4 Å². The number of thiocarbonyl (C=S) groups is 1. The second-order valence-electron chi connectivity index (χ2n) is 19.0. The number of carbonyl (C=O) groups is 3. The quantitative estimate of drug-likeness (QED) is 0.0375. The monoisotopic (exact) mass is 1080 g/mol. The van der Waals surface area contributed by atoms with Gasteiger partial charge >= 0.3 is 19.5 Å². The molecule has 0 aliphatic rings. The number of benzene rings is 3. The Morgan fingerprint density at radius 1 is 0.603 bits per heavy atom. The van der Waals surface area contributed by atoms with Gasteiger partial charge in [-0.05, 0) is 93.4 Å². The van der Waals surface area contributed by atoms with Crippen molar-refractivity contribution in [1.82, 2.24) is 19.9 Å². The molecule has 2 N–H and O–H groups in total. The van der Waals surface area contributed by atoms with Crippen molar-refractivity contribution < 1.29 is 48.1 Å². The summed E-state index contributed by atoms with van der Waals surface area (Å²) in [6.07, 6.45) is 4.66. The molecule has 374 valence electrons. The molecular formula is C56H55N9O6RuS. The molecule has 0 spiro atoms. The van der Waals surface area contributed by atoms with Crippen LogP contribution in [0, 0.1) is 10.8 Å². The van der Waals surface area contributed by atoms with Crippen LogP contribution in [0.5, 0.6) is 17.2 Å². The molecule has 3 aromatic carbocycles. The van der Waals surface area contributed by atoms with Crippen LogP contribution >= 0.6 is 12.2 Å². The number of hydrogen-bond acceptors (Lipinski definition) is 13. The number of carbonyl (C=O) groups excluding carboxylic acids is 3. The Labute approximate surface area is 444 Å². The van der Waals surface area contributed by atoms with Gasteiger partial charge in [0, 0.05) is 71.3 Å². The van der Waals surface area contributed by atoms with Crippen LogP contribution in [0.4, 0.5) is 17.1 Å². The third kappa shape index (κ3) is 16.3. The van der Waals surface area contributed by atoms with Crippen molar-refractivity contribution in [2.45, 2.75) is 73.1 Å². The number of hydrogen-bond donors (Lipinski definition) is 1. The number of aliphatic imine (C=N–C) groups is 1. The normalized spacial score (nSPS) is 11.1. The van der Waals surface area contributed by atoms with Gasteiger partial charge in [0.15, 0.2) is 0 Å². The van der Waals surface area contributed by atoms with E-state index in [1.54, 1.807) is 12.3 Å². The summed E-state index contributed by atoms with van der Waals surface area (Å²) in [5.41, 5.74) is 17.8. The van der Waals surface area contributed by atoms with Crippen LogP contribution in [0.25, 0.3) is 45.0 Å². The minimum Gasteiger partial charge on any atom is -0.753 e. The molecule has 73 heavy (non-hydrogen) atoms. The molecule has 15 nitrogen and oxygen atoms in total. The van der Waals surface area contributed by atoms with Gasteiger partial charge in [-0.3, -0.25) is 29.3 Å². The average Bonchev–Trinajstić information content (AvgIpc) is 3.35. The van der Waals surface area contributed by atoms with Gasteiger partial charge < -0.3 is 40.7 Å². The molecule has 0 atom stereocenters. The molecule has 7 rings (SSSR count). The second kappa shape index (κ2) is 25.9. The topological polar surface area (TPSA) is 216 Å². The molecule has 4 aromatic heterocycles. The summed E-state index contributed by atoms with van der Waals surface area (Å²) in [5, 5.41) is 16.6. The molecule has 0 aliphatic heterocycles. The Balaban J connectivity index is 0.000000321. The van der Waals surface area contributed by atoms with Crippen LogP contribution in [0.2, 0.25) is 0 Å². The molecule has 0 bridgehead atoms. The summed E-state index contributed by atoms with van der Waals surface area (Å²) in [6, 6.07) is 39.0. The summed E-state index contributed by atoms with van der Waals surface area (Å²) in [4.78, 5) is 55.5. The van der Waals surface area contributed by atoms with Gasteiger partial charge in [0.2, 0.25) is 0 Å². The molecule has 0 fully saturated rings. The van der Waals surface area contributed by atoms with Crippen LogP contribution in [0.1, 0.15) is 79.1 Å². The molecule has 17 heteroatoms. The fourth-order valence-electron chi connectivity index (χ4n) is 6.76. The molecule has 4 heterocycles. The van der Waals surface area contributed by atoms with Gasteiger partial charge in [-0.2, -0.15) is 5.16 Å². The van der Waals surface area contributed by atoms with Crippen molar-refractivity contribution >= 4 is 65.5 Å². The zero-order valence-electron chi connectivity index (χ0n) is 41.9. The minimum absolute atomic E-state index is 0. The number of rotatable bonds is 13. The van der Waals surface area contributed by atoms with Crippen LogP contribution in [-0.2, 0) is 44.7 Å². The number of ether oxygens (including phenoxy) is 3. The fraction of sp³-hybridized carbons (Fsp3) is 0.214. The van der Waals surface area contributed by atoms with Gasteiger partial charge in [-0.25, -0.2) is 4.98 Å². The maximum atomic E-state index is 10.8. The zero-order chi connectivity index (χ0) is 52.6. The largest absolute Gasteiger partial charge is 2.00 e. The van der Waals surface area contributed by atoms with E-state index in [-0.39, 0.29) is 65.7 Å². The first kappa shape index (κ1) is 57.6. The van der Waals surface area contributed by atoms with Gasteiger partial charge in [-0.1, -0.05) is 117 Å². The van der Waals surface area contributed by atoms with E-state index in [0.29, 0.717) is 41.4 Å². The third-order valence-electron chi connectivity index (χ3n) is 10.7. The van der Waals surface area contributed by atoms with E-state index in [1.807, 2.05) is 26.8 Å². The molecule has 0 saturated carbocycles. The Hall–Kier alpha value is -7.97. The first-order valence-electron chi connectivity index (χ1n) is 22.4. The number of isothiocyanates is 1. The van der Waals surface area contributed by atoms with Gasteiger partial charge in [-0.15, -0.1) is 0 Å². The standard InChI is InChI=1S/C37H44N5.C18H11N3O6.CNS.Ru/c1-35(2,3)27-13-19-30(20-14-27)42(31-21-15-28(16-22-31)36(4,5)6)29-17-10-25(11-18-29)26-12-23-32(40-24-26)33(38)41-34(39)37(7,8)9;22-9-25-12-1-3-19-15(5-12)17-7-14(27-11-24)8-18(21-17)16-6-13(26-10-23)2-4-20-16;2-1-3;/h10-24H,1-9H3,(H2-,38,39,41);1-11H;;/q-1;;-1;+2. The number of pyridine rings is 4. The van der Waals surface area contributed by atoms with Crippen LogP contribution < -0.4 is 19.1 Å². The van der Waals surface area contributed by atoms with E-state index in [0.717, 1.165) is 28.2 Å². The summed E-state index contributed by atoms with van der Waals surface area (Å²) in [7, 11) is 0. The SMILES string of the molecule is CC(C)(C)C(=N)N=C([NH-])c1ccc(-c2ccc(N(c3ccc(C(C)(C)C)cc3)c3ccc(C(C)(C)C)cc3)cc2)cn1.O=COc1ccnc(-c2cc(OC=O)cc(-c3cc(OC=O)ccn3)n2)c1.[N-]=C=S.[Ru+2]. The first-order valence-corrected chi connectivity index (χ1v) is 22.8. The van der Waals surface area contributed by atoms with E-state index >= 15 is 0 Å². The predicted molar refractivity (Wildman–Crippen MR) is 287 cm³/mol. The number of nitrogens with one attached hydrogen (secondary N) is 2. The molecule has 0 radical (unpaired) electrons. The van der Waals surface area contributed by atoms with Gasteiger partial charge in [0.1, 0.15) is 17.2 Å². The molecule has 0 amide bonds. The number of anilines is 3. The number of nitrogens with zero attached hydrogens (tertiary/aromatic N) is 7. The molecular weight excluding hydrogens is 1030 g/mol. The summed E-state index contributed by atoms with van der Waals surface area (Å²) in [5.74, 6) is 0.929. The number of aromatic nitrogens is 4. The molecule has 0 saturated heterocycles. The smallest absolute Gasteiger partial charge is 0.753 e. The molecule has 0 aliphatic carbocycles. The third-order valence-corrected chi connectivity index (χ3v) is 10.7. The Bertz CT molecular complexity index is 2920. The van der Waals surface area contributed by atoms with Crippen molar-refractivity contribution in [2.75, 3.05) is 4.90 Å². The first-order chi connectivity index (χ1) is 34.2. The fourth-order valence-corrected chi connectivity index (χ4v) is 6.76. The zero-order valence-corrected chi connectivity index (χ0v) is 44.4. The van der Waals surface area contributed by atoms with Crippen LogP contribution in [0.3, 0.4) is 0 Å². The van der Waals surface area contributed by atoms with Crippen molar-refractivity contribution in [1.29, 1.82) is 5.41 Å². The molecule has 0 unspecified atom stereocenters. The average molecular weight is 1080 g/mol. The summed E-state index contributed by atoms with van der Waals surface area (Å²) in [6.45, 7) is 20.0.